The molecule has 0 unspecified atom stereocenters. The molecule has 0 rings (SSSR count). The second kappa shape index (κ2) is 3.86. The van der Waals surface area contributed by atoms with E-state index in [0.29, 0.717) is 0 Å². The largest absolute Gasteiger partial charge is 0.457 e. The minimum Gasteiger partial charge on any atom is -0.344 e. The average molecular weight is 156 g/mol. The lowest BCUT2D eigenvalue weighted by molar-refractivity contribution is 0.375. The molecule has 7 heteroatoms. The summed E-state index contributed by atoms with van der Waals surface area (Å²) >= 11 is 3.89. The minimum absolute atomic E-state index is 0. The van der Waals surface area contributed by atoms with Crippen molar-refractivity contribution in [2.75, 3.05) is 0 Å². The van der Waals surface area contributed by atoms with E-state index in [2.05, 4.69) is 17.0 Å². The monoisotopic (exact) mass is 156 g/mol. The van der Waals surface area contributed by atoms with Gasteiger partial charge in [-0.25, -0.2) is 4.57 Å². The number of hydrogen-bond acceptors (Lipinski definition) is 3. The highest BCUT2D eigenvalue weighted by molar-refractivity contribution is 7.78. The van der Waals surface area contributed by atoms with Gasteiger partial charge in [-0.3, -0.25) is 0 Å². The van der Waals surface area contributed by atoms with Gasteiger partial charge in [0.2, 0.25) is 0 Å². The van der Waals surface area contributed by atoms with Crippen LogP contribution in [0.25, 0.3) is 0 Å². The van der Waals surface area contributed by atoms with Crippen LogP contribution in [0.2, 0.25) is 0 Å². The Morgan fingerprint density at radius 1 is 1.62 bits per heavy atom. The van der Waals surface area contributed by atoms with Crippen LogP contribution in [-0.4, -0.2) is 14.9 Å². The van der Waals surface area contributed by atoms with Crippen LogP contribution in [0.3, 0.4) is 0 Å². The first-order chi connectivity index (χ1) is 3.06. The van der Waals surface area contributed by atoms with Gasteiger partial charge in [0.25, 0.3) is 0 Å². The molecule has 0 aromatic carbocycles. The molecule has 0 aliphatic heterocycles. The Kier molecular flexibility index (Phi) is 5.21. The molecule has 0 aromatic rings. The van der Waals surface area contributed by atoms with E-state index in [1.54, 1.807) is 5.16 Å². The van der Waals surface area contributed by atoms with E-state index < -0.39 is 7.75 Å². The molecule has 48 valence electrons. The fourth-order valence-corrected chi connectivity index (χ4v) is 0.479. The van der Waals surface area contributed by atoms with Gasteiger partial charge in [-0.15, -0.1) is 4.76 Å². The van der Waals surface area contributed by atoms with Gasteiger partial charge in [-0.1, -0.05) is 0 Å². The van der Waals surface area contributed by atoms with Gasteiger partial charge in [0, 0.05) is 0 Å². The molecule has 0 heterocycles. The predicted molar refractivity (Wildman–Crippen MR) is 32.1 cm³/mol. The second-order valence-corrected chi connectivity index (χ2v) is 2.11. The van der Waals surface area contributed by atoms with Crippen molar-refractivity contribution in [2.24, 2.45) is 4.76 Å². The lowest BCUT2D eigenvalue weighted by Gasteiger charge is -1.85. The summed E-state index contributed by atoms with van der Waals surface area (Å²) in [6.45, 7) is 0. The van der Waals surface area contributed by atoms with Crippen molar-refractivity contribution in [3.63, 3.8) is 0 Å². The summed E-state index contributed by atoms with van der Waals surface area (Å²) in [5.74, 6) is 0. The van der Waals surface area contributed by atoms with E-state index in [1.807, 2.05) is 0 Å². The van der Waals surface area contributed by atoms with E-state index in [9.17, 15) is 4.57 Å². The zero-order valence-corrected chi connectivity index (χ0v) is 5.52. The number of nitrogens with zero attached hydrogens (tertiary/aromatic N) is 1. The van der Waals surface area contributed by atoms with Crippen LogP contribution in [0, 0.1) is 0 Å². The summed E-state index contributed by atoms with van der Waals surface area (Å²) in [6, 6.07) is 0. The van der Waals surface area contributed by atoms with Gasteiger partial charge >= 0.3 is 7.75 Å². The Balaban J connectivity index is 0. The number of hydrogen-bond donors (Lipinski definition) is 3. The molecule has 0 fully saturated rings. The van der Waals surface area contributed by atoms with Crippen molar-refractivity contribution in [1.82, 2.24) is 6.15 Å². The summed E-state index contributed by atoms with van der Waals surface area (Å²) < 4.78 is 12.1. The highest BCUT2D eigenvalue weighted by atomic mass is 32.1. The highest BCUT2D eigenvalue weighted by Gasteiger charge is 2.06. The molecule has 0 spiro atoms. The summed E-state index contributed by atoms with van der Waals surface area (Å²) in [6.07, 6.45) is 0. The Labute approximate surface area is 51.2 Å². The van der Waals surface area contributed by atoms with Gasteiger partial charge in [0.1, 0.15) is 0 Å². The summed E-state index contributed by atoms with van der Waals surface area (Å²) in [4.78, 5) is 15.7. The normalized spacial score (nSPS) is 8.75. The predicted octanol–water partition coefficient (Wildman–Crippen LogP) is 0.344. The van der Waals surface area contributed by atoms with Crippen LogP contribution in [0.15, 0.2) is 4.76 Å². The first kappa shape index (κ1) is 10.8. The molecule has 0 aromatic heterocycles. The van der Waals surface area contributed by atoms with Crippen LogP contribution >= 0.6 is 20.0 Å². The Hall–Kier alpha value is -0.0900. The molecule has 5 nitrogen and oxygen atoms in total. The SMILES string of the molecule is N.O=P(O)(O)N=C=S. The third-order valence-electron chi connectivity index (χ3n) is 0.171. The van der Waals surface area contributed by atoms with Crippen LogP contribution in [0.5, 0.6) is 0 Å². The number of isothiocyanates is 1. The molecule has 0 amide bonds. The quantitative estimate of drug-likeness (QED) is 0.288. The smallest absolute Gasteiger partial charge is 0.344 e. The molecular weight excluding hydrogens is 151 g/mol. The Morgan fingerprint density at radius 2 is 2.00 bits per heavy atom. The standard InChI is InChI=1S/CH2NO3PS.H3N/c3-6(4,5)2-1-7;/h(H2,3,4,5);1H3. The Morgan fingerprint density at radius 3 is 2.00 bits per heavy atom. The zero-order valence-electron chi connectivity index (χ0n) is 3.81. The lowest BCUT2D eigenvalue weighted by atomic mass is 11.8. The van der Waals surface area contributed by atoms with Gasteiger partial charge < -0.3 is 15.9 Å². The van der Waals surface area contributed by atoms with Crippen molar-refractivity contribution in [3.8, 4) is 0 Å². The molecule has 0 saturated heterocycles. The lowest BCUT2D eigenvalue weighted by Crippen LogP contribution is -1.65. The van der Waals surface area contributed by atoms with Gasteiger partial charge in [-0.2, -0.15) is 0 Å². The third-order valence-corrected chi connectivity index (χ3v) is 0.758. The summed E-state index contributed by atoms with van der Waals surface area (Å²) in [5.41, 5.74) is 0. The second-order valence-electron chi connectivity index (χ2n) is 0.705. The molecule has 0 aliphatic carbocycles. The van der Waals surface area contributed by atoms with Crippen molar-refractivity contribution in [3.05, 3.63) is 0 Å². The minimum atomic E-state index is -4.26. The molecule has 0 saturated carbocycles. The first-order valence-electron chi connectivity index (χ1n) is 1.21. The van der Waals surface area contributed by atoms with Gasteiger partial charge in [0.05, 0.1) is 5.16 Å². The van der Waals surface area contributed by atoms with Gasteiger partial charge in [0.15, 0.2) is 0 Å². The molecule has 0 atom stereocenters. The molecule has 0 aliphatic rings. The van der Waals surface area contributed by atoms with Crippen LogP contribution in [0.1, 0.15) is 0 Å². The van der Waals surface area contributed by atoms with Crippen molar-refractivity contribution < 1.29 is 14.4 Å². The fraction of sp³-hybridized carbons (Fsp3) is 0. The van der Waals surface area contributed by atoms with Crippen molar-refractivity contribution in [2.45, 2.75) is 0 Å². The molecule has 8 heavy (non-hydrogen) atoms. The van der Waals surface area contributed by atoms with Gasteiger partial charge in [-0.05, 0) is 12.2 Å². The average Bonchev–Trinajstić information content (AvgIpc) is 1.30. The van der Waals surface area contributed by atoms with Crippen LogP contribution in [0.4, 0.5) is 0 Å². The first-order valence-corrected chi connectivity index (χ1v) is 3.18. The maximum absolute atomic E-state index is 9.63. The zero-order chi connectivity index (χ0) is 5.91. The van der Waals surface area contributed by atoms with E-state index in [4.69, 9.17) is 9.79 Å². The third kappa shape index (κ3) is 9.32. The maximum Gasteiger partial charge on any atom is 0.457 e. The fourth-order valence-electron chi connectivity index (χ4n) is 0.0532. The number of thiocarbonyl (C=S) groups is 1. The Bertz CT molecular complexity index is 145. The number of rotatable bonds is 1. The van der Waals surface area contributed by atoms with Crippen LogP contribution in [-0.2, 0) is 4.57 Å². The van der Waals surface area contributed by atoms with E-state index in [-0.39, 0.29) is 6.15 Å². The molecule has 5 N–H and O–H groups in total. The van der Waals surface area contributed by atoms with E-state index in [1.165, 1.54) is 0 Å². The summed E-state index contributed by atoms with van der Waals surface area (Å²) in [5, 5.41) is 1.55. The van der Waals surface area contributed by atoms with E-state index in [0.717, 1.165) is 0 Å². The topological polar surface area (TPSA) is 105 Å². The molecule has 0 bridgehead atoms. The van der Waals surface area contributed by atoms with Crippen molar-refractivity contribution in [1.29, 1.82) is 0 Å². The maximum atomic E-state index is 9.63. The summed E-state index contributed by atoms with van der Waals surface area (Å²) in [7, 11) is -4.26. The van der Waals surface area contributed by atoms with Crippen molar-refractivity contribution >= 4 is 25.1 Å². The van der Waals surface area contributed by atoms with E-state index >= 15 is 0 Å². The highest BCUT2D eigenvalue weighted by Crippen LogP contribution is 2.34. The van der Waals surface area contributed by atoms with Crippen LogP contribution < -0.4 is 6.15 Å². The molecular formula is CH5N2O3PS. The molecule has 0 radical (unpaired) electrons.